The van der Waals surface area contributed by atoms with E-state index in [1.165, 1.54) is 0 Å². The molecule has 1 aromatic heterocycles. The van der Waals surface area contributed by atoms with E-state index in [4.69, 9.17) is 9.47 Å². The van der Waals surface area contributed by atoms with Crippen LogP contribution in [0.1, 0.15) is 18.9 Å². The van der Waals surface area contributed by atoms with E-state index in [1.54, 1.807) is 21.1 Å². The lowest BCUT2D eigenvalue weighted by Gasteiger charge is -2.08. The number of ketones is 1. The first kappa shape index (κ1) is 13.5. The molecule has 0 radical (unpaired) electrons. The number of Topliss-reactive ketones (excluding diaryl/α,β-unsaturated/α-hetero) is 1. The summed E-state index contributed by atoms with van der Waals surface area (Å²) in [7, 11) is 5.27. The second-order valence-corrected chi connectivity index (χ2v) is 4.69. The van der Waals surface area contributed by atoms with Crippen molar-refractivity contribution in [3.63, 3.8) is 0 Å². The standard InChI is InChI=1S/C15H19NO3/c1-10(17)5-6-11-9-16(2)15-13(11)7-12(18-3)8-14(15)19-4/h7-9H,5-6H2,1-4H3. The summed E-state index contributed by atoms with van der Waals surface area (Å²) in [6.45, 7) is 1.62. The lowest BCUT2D eigenvalue weighted by atomic mass is 10.1. The molecule has 0 aliphatic heterocycles. The Kier molecular flexibility index (Phi) is 3.79. The van der Waals surface area contributed by atoms with Crippen LogP contribution in [0.5, 0.6) is 11.5 Å². The highest BCUT2D eigenvalue weighted by atomic mass is 16.5. The monoisotopic (exact) mass is 261 g/mol. The van der Waals surface area contributed by atoms with Crippen molar-refractivity contribution in [2.45, 2.75) is 19.8 Å². The summed E-state index contributed by atoms with van der Waals surface area (Å²) in [5, 5.41) is 1.08. The third kappa shape index (κ3) is 2.57. The maximum absolute atomic E-state index is 11.1. The third-order valence-electron chi connectivity index (χ3n) is 3.30. The number of aryl methyl sites for hydroxylation is 2. The molecule has 4 nitrogen and oxygen atoms in total. The molecule has 1 heterocycles. The zero-order valence-corrected chi connectivity index (χ0v) is 11.8. The van der Waals surface area contributed by atoms with E-state index in [0.29, 0.717) is 6.42 Å². The zero-order valence-electron chi connectivity index (χ0n) is 11.8. The molecule has 0 aliphatic rings. The molecule has 2 rings (SSSR count). The van der Waals surface area contributed by atoms with Gasteiger partial charge in [-0.3, -0.25) is 0 Å². The minimum atomic E-state index is 0.201. The fourth-order valence-corrected chi connectivity index (χ4v) is 2.34. The van der Waals surface area contributed by atoms with Gasteiger partial charge in [-0.05, 0) is 25.0 Å². The van der Waals surface area contributed by atoms with Crippen molar-refractivity contribution >= 4 is 16.7 Å². The molecule has 0 spiro atoms. The van der Waals surface area contributed by atoms with E-state index < -0.39 is 0 Å². The first-order chi connectivity index (χ1) is 9.06. The molecule has 0 unspecified atom stereocenters. The Morgan fingerprint density at radius 3 is 2.58 bits per heavy atom. The Balaban J connectivity index is 2.56. The van der Waals surface area contributed by atoms with Gasteiger partial charge in [0.25, 0.3) is 0 Å². The smallest absolute Gasteiger partial charge is 0.146 e. The van der Waals surface area contributed by atoms with Gasteiger partial charge in [0.2, 0.25) is 0 Å². The normalized spacial score (nSPS) is 10.7. The number of carbonyl (C=O) groups excluding carboxylic acids is 1. The number of benzene rings is 1. The highest BCUT2D eigenvalue weighted by Crippen LogP contribution is 2.34. The van der Waals surface area contributed by atoms with Crippen LogP contribution in [0.3, 0.4) is 0 Å². The van der Waals surface area contributed by atoms with E-state index in [0.717, 1.165) is 34.4 Å². The second kappa shape index (κ2) is 5.34. The summed E-state index contributed by atoms with van der Waals surface area (Å²) < 4.78 is 12.8. The molecule has 19 heavy (non-hydrogen) atoms. The zero-order chi connectivity index (χ0) is 14.0. The van der Waals surface area contributed by atoms with Crippen LogP contribution < -0.4 is 9.47 Å². The highest BCUT2D eigenvalue weighted by molar-refractivity contribution is 5.91. The van der Waals surface area contributed by atoms with Crippen LogP contribution in [-0.4, -0.2) is 24.6 Å². The van der Waals surface area contributed by atoms with Crippen LogP contribution in [0.15, 0.2) is 18.3 Å². The molecule has 0 N–H and O–H groups in total. The molecule has 0 amide bonds. The fourth-order valence-electron chi connectivity index (χ4n) is 2.34. The predicted octanol–water partition coefficient (Wildman–Crippen LogP) is 2.72. The van der Waals surface area contributed by atoms with Gasteiger partial charge in [-0.15, -0.1) is 0 Å². The van der Waals surface area contributed by atoms with E-state index in [2.05, 4.69) is 6.20 Å². The van der Waals surface area contributed by atoms with Crippen molar-refractivity contribution in [1.82, 2.24) is 4.57 Å². The van der Waals surface area contributed by atoms with Gasteiger partial charge in [-0.25, -0.2) is 0 Å². The molecule has 2 aromatic rings. The molecular weight excluding hydrogens is 242 g/mol. The number of hydrogen-bond acceptors (Lipinski definition) is 3. The summed E-state index contributed by atoms with van der Waals surface area (Å²) in [4.78, 5) is 11.1. The fraction of sp³-hybridized carbons (Fsp3) is 0.400. The van der Waals surface area contributed by atoms with Gasteiger partial charge in [0.15, 0.2) is 0 Å². The number of methoxy groups -OCH3 is 2. The number of carbonyl (C=O) groups is 1. The van der Waals surface area contributed by atoms with E-state index in [-0.39, 0.29) is 5.78 Å². The lowest BCUT2D eigenvalue weighted by molar-refractivity contribution is -0.116. The summed E-state index contributed by atoms with van der Waals surface area (Å²) in [6.07, 6.45) is 3.34. The van der Waals surface area contributed by atoms with E-state index in [1.807, 2.05) is 23.7 Å². The maximum atomic E-state index is 11.1. The van der Waals surface area contributed by atoms with Gasteiger partial charge >= 0.3 is 0 Å². The summed E-state index contributed by atoms with van der Waals surface area (Å²) >= 11 is 0. The molecule has 0 saturated heterocycles. The Morgan fingerprint density at radius 1 is 1.26 bits per heavy atom. The molecule has 0 atom stereocenters. The van der Waals surface area contributed by atoms with Crippen LogP contribution >= 0.6 is 0 Å². The Hall–Kier alpha value is -1.97. The Labute approximate surface area is 112 Å². The van der Waals surface area contributed by atoms with Crippen LogP contribution in [0.2, 0.25) is 0 Å². The van der Waals surface area contributed by atoms with Gasteiger partial charge in [0.05, 0.1) is 19.7 Å². The van der Waals surface area contributed by atoms with Crippen molar-refractivity contribution in [3.05, 3.63) is 23.9 Å². The number of ether oxygens (including phenoxy) is 2. The van der Waals surface area contributed by atoms with Crippen molar-refractivity contribution in [2.75, 3.05) is 14.2 Å². The summed E-state index contributed by atoms with van der Waals surface area (Å²) in [5.41, 5.74) is 2.17. The summed E-state index contributed by atoms with van der Waals surface area (Å²) in [5.74, 6) is 1.75. The van der Waals surface area contributed by atoms with E-state index >= 15 is 0 Å². The molecule has 1 aromatic carbocycles. The second-order valence-electron chi connectivity index (χ2n) is 4.69. The quantitative estimate of drug-likeness (QED) is 0.831. The van der Waals surface area contributed by atoms with Gasteiger partial charge in [0, 0.05) is 31.1 Å². The molecular formula is C15H19NO3. The average molecular weight is 261 g/mol. The van der Waals surface area contributed by atoms with Gasteiger partial charge < -0.3 is 18.8 Å². The van der Waals surface area contributed by atoms with Crippen molar-refractivity contribution in [3.8, 4) is 11.5 Å². The number of aromatic nitrogens is 1. The molecule has 0 saturated carbocycles. The number of fused-ring (bicyclic) bond motifs is 1. The van der Waals surface area contributed by atoms with Crippen LogP contribution in [0.4, 0.5) is 0 Å². The van der Waals surface area contributed by atoms with Gasteiger partial charge in [0.1, 0.15) is 17.3 Å². The molecule has 0 bridgehead atoms. The van der Waals surface area contributed by atoms with Crippen molar-refractivity contribution < 1.29 is 14.3 Å². The van der Waals surface area contributed by atoms with Crippen molar-refractivity contribution in [2.24, 2.45) is 7.05 Å². The maximum Gasteiger partial charge on any atom is 0.146 e. The average Bonchev–Trinajstić information content (AvgIpc) is 2.72. The number of nitrogens with zero attached hydrogens (tertiary/aromatic N) is 1. The highest BCUT2D eigenvalue weighted by Gasteiger charge is 2.13. The minimum absolute atomic E-state index is 0.201. The van der Waals surface area contributed by atoms with Crippen LogP contribution in [0.25, 0.3) is 10.9 Å². The van der Waals surface area contributed by atoms with Crippen LogP contribution in [0, 0.1) is 0 Å². The summed E-state index contributed by atoms with van der Waals surface area (Å²) in [6, 6.07) is 3.87. The first-order valence-electron chi connectivity index (χ1n) is 6.26. The van der Waals surface area contributed by atoms with Crippen LogP contribution in [-0.2, 0) is 18.3 Å². The molecule has 102 valence electrons. The minimum Gasteiger partial charge on any atom is -0.497 e. The SMILES string of the molecule is COc1cc(OC)c2c(c1)c(CCC(C)=O)cn2C. The number of rotatable bonds is 5. The predicted molar refractivity (Wildman–Crippen MR) is 75.0 cm³/mol. The molecule has 0 fully saturated rings. The Morgan fingerprint density at radius 2 is 2.00 bits per heavy atom. The van der Waals surface area contributed by atoms with E-state index in [9.17, 15) is 4.79 Å². The third-order valence-corrected chi connectivity index (χ3v) is 3.30. The first-order valence-corrected chi connectivity index (χ1v) is 6.26. The number of hydrogen-bond donors (Lipinski definition) is 0. The Bertz CT molecular complexity index is 613. The molecule has 4 heteroatoms. The molecule has 0 aliphatic carbocycles. The largest absolute Gasteiger partial charge is 0.497 e. The van der Waals surface area contributed by atoms with Gasteiger partial charge in [-0.2, -0.15) is 0 Å². The van der Waals surface area contributed by atoms with Gasteiger partial charge in [-0.1, -0.05) is 0 Å². The lowest BCUT2D eigenvalue weighted by Crippen LogP contribution is -1.93. The van der Waals surface area contributed by atoms with Crippen molar-refractivity contribution in [1.29, 1.82) is 0 Å². The topological polar surface area (TPSA) is 40.5 Å².